The van der Waals surface area contributed by atoms with E-state index in [1.807, 2.05) is 0 Å². The van der Waals surface area contributed by atoms with Gasteiger partial charge in [-0.2, -0.15) is 4.39 Å². The summed E-state index contributed by atoms with van der Waals surface area (Å²) in [6.45, 7) is 6.17. The second-order valence-corrected chi connectivity index (χ2v) is 6.86. The third-order valence-electron chi connectivity index (χ3n) is 4.40. The molecule has 0 aliphatic carbocycles. The number of morpholine rings is 1. The average Bonchev–Trinajstić information content (AvgIpc) is 2.58. The van der Waals surface area contributed by atoms with Gasteiger partial charge in [-0.25, -0.2) is 9.37 Å². The van der Waals surface area contributed by atoms with Crippen LogP contribution in [0.3, 0.4) is 0 Å². The van der Waals surface area contributed by atoms with Crippen LogP contribution in [-0.4, -0.2) is 30.8 Å². The number of aromatic nitrogens is 1. The molecule has 1 saturated heterocycles. The lowest BCUT2D eigenvalue weighted by Gasteiger charge is -2.36. The Balaban J connectivity index is 1.90. The van der Waals surface area contributed by atoms with Gasteiger partial charge >= 0.3 is 0 Å². The van der Waals surface area contributed by atoms with Crippen molar-refractivity contribution in [2.45, 2.75) is 20.0 Å². The van der Waals surface area contributed by atoms with Gasteiger partial charge in [-0.15, -0.1) is 0 Å². The zero-order valence-electron chi connectivity index (χ0n) is 14.1. The molecule has 25 heavy (non-hydrogen) atoms. The van der Waals surface area contributed by atoms with E-state index >= 15 is 0 Å². The predicted octanol–water partition coefficient (Wildman–Crippen LogP) is 4.12. The number of halogens is 3. The summed E-state index contributed by atoms with van der Waals surface area (Å²) in [5.74, 6) is -1.12. The van der Waals surface area contributed by atoms with Crippen molar-refractivity contribution in [1.82, 2.24) is 4.98 Å². The third kappa shape index (κ3) is 3.70. The van der Waals surface area contributed by atoms with Crippen LogP contribution in [0.4, 0.5) is 20.3 Å². The quantitative estimate of drug-likeness (QED) is 0.829. The molecular formula is C18H20ClF2N3O. The third-order valence-corrected chi connectivity index (χ3v) is 4.70. The highest BCUT2D eigenvalue weighted by atomic mass is 35.5. The minimum absolute atomic E-state index is 0.00900. The fraction of sp³-hybridized carbons (Fsp3) is 0.389. The lowest BCUT2D eigenvalue weighted by molar-refractivity contribution is 0.0114. The van der Waals surface area contributed by atoms with E-state index < -0.39 is 11.8 Å². The van der Waals surface area contributed by atoms with Gasteiger partial charge in [0, 0.05) is 29.9 Å². The number of hydrogen-bond donors (Lipinski definition) is 1. The molecule has 0 spiro atoms. The van der Waals surface area contributed by atoms with Gasteiger partial charge in [0.15, 0.2) is 0 Å². The van der Waals surface area contributed by atoms with Crippen LogP contribution >= 0.6 is 11.6 Å². The summed E-state index contributed by atoms with van der Waals surface area (Å²) in [6.07, 6.45) is 0.106. The van der Waals surface area contributed by atoms with Gasteiger partial charge in [-0.3, -0.25) is 0 Å². The lowest BCUT2D eigenvalue weighted by Crippen LogP contribution is -2.44. The zero-order valence-corrected chi connectivity index (χ0v) is 14.9. The maximum absolute atomic E-state index is 14.6. The molecule has 0 radical (unpaired) electrons. The Hall–Kier alpha value is -1.92. The smallest absolute Gasteiger partial charge is 0.222 e. The van der Waals surface area contributed by atoms with E-state index in [4.69, 9.17) is 22.1 Å². The molecule has 1 atom stereocenters. The Morgan fingerprint density at radius 3 is 2.72 bits per heavy atom. The van der Waals surface area contributed by atoms with Gasteiger partial charge < -0.3 is 15.4 Å². The van der Waals surface area contributed by atoms with Crippen LogP contribution < -0.4 is 10.6 Å². The van der Waals surface area contributed by atoms with Gasteiger partial charge in [0.2, 0.25) is 5.95 Å². The monoisotopic (exact) mass is 367 g/mol. The molecule has 2 heterocycles. The number of pyridine rings is 1. The zero-order chi connectivity index (χ0) is 18.1. The summed E-state index contributed by atoms with van der Waals surface area (Å²) in [6, 6.07) is 6.00. The maximum atomic E-state index is 14.6. The first-order valence-corrected chi connectivity index (χ1v) is 8.52. The Labute approximate surface area is 150 Å². The number of anilines is 2. The molecule has 7 heteroatoms. The normalized spacial score (nSPS) is 18.0. The number of nitrogens with two attached hydrogens (primary N) is 1. The summed E-state index contributed by atoms with van der Waals surface area (Å²) in [5.41, 5.74) is 6.30. The molecule has 1 aromatic carbocycles. The molecule has 0 amide bonds. The van der Waals surface area contributed by atoms with Crippen LogP contribution in [-0.2, 0) is 4.74 Å². The lowest BCUT2D eigenvalue weighted by atomic mass is 10.0. The number of rotatable bonds is 3. The van der Waals surface area contributed by atoms with Crippen molar-refractivity contribution in [2.24, 2.45) is 5.92 Å². The molecule has 0 saturated carbocycles. The van der Waals surface area contributed by atoms with E-state index in [1.165, 1.54) is 18.2 Å². The molecular weight excluding hydrogens is 348 g/mol. The standard InChI is InChI=1S/C18H20ClF2N3O/c1-10(2)16-9-24(5-6-25-16)11-3-4-12(15(20)7-11)13-8-14(19)18(22)23-17(13)21/h3-4,7-8,10,16H,5-6,9H2,1-2H3,(H2,22,23)/t16-/m1/s1. The Kier molecular flexibility index (Phi) is 5.11. The molecule has 0 unspecified atom stereocenters. The molecule has 2 aromatic rings. The predicted molar refractivity (Wildman–Crippen MR) is 95.8 cm³/mol. The Morgan fingerprint density at radius 1 is 1.28 bits per heavy atom. The SMILES string of the molecule is CC(C)[C@H]1CN(c2ccc(-c3cc(Cl)c(N)nc3F)c(F)c2)CCO1. The number of ether oxygens (including phenoxy) is 1. The largest absolute Gasteiger partial charge is 0.382 e. The first kappa shape index (κ1) is 17.9. The second kappa shape index (κ2) is 7.14. The highest BCUT2D eigenvalue weighted by molar-refractivity contribution is 6.33. The van der Waals surface area contributed by atoms with Gasteiger partial charge in [0.1, 0.15) is 11.6 Å². The molecule has 1 aliphatic rings. The molecule has 134 valence electrons. The molecule has 0 bridgehead atoms. The van der Waals surface area contributed by atoms with Gasteiger partial charge in [0.25, 0.3) is 0 Å². The molecule has 2 N–H and O–H groups in total. The number of hydrogen-bond acceptors (Lipinski definition) is 4. The van der Waals surface area contributed by atoms with Crippen LogP contribution in [0, 0.1) is 17.7 Å². The van der Waals surface area contributed by atoms with Crippen LogP contribution in [0.2, 0.25) is 5.02 Å². The van der Waals surface area contributed by atoms with Crippen molar-refractivity contribution in [3.63, 3.8) is 0 Å². The van der Waals surface area contributed by atoms with Gasteiger partial charge in [-0.05, 0) is 30.2 Å². The number of nitrogen functional groups attached to an aromatic ring is 1. The van der Waals surface area contributed by atoms with Crippen LogP contribution in [0.15, 0.2) is 24.3 Å². The van der Waals surface area contributed by atoms with E-state index in [1.54, 1.807) is 6.07 Å². The molecule has 1 aromatic heterocycles. The van der Waals surface area contributed by atoms with Crippen LogP contribution in [0.5, 0.6) is 0 Å². The van der Waals surface area contributed by atoms with Crippen molar-refractivity contribution in [2.75, 3.05) is 30.3 Å². The summed E-state index contributed by atoms with van der Waals surface area (Å²) in [5, 5.41) is 0.0906. The van der Waals surface area contributed by atoms with Crippen molar-refractivity contribution in [3.05, 3.63) is 41.1 Å². The molecule has 1 fully saturated rings. The number of nitrogens with zero attached hydrogens (tertiary/aromatic N) is 2. The first-order chi connectivity index (χ1) is 11.9. The van der Waals surface area contributed by atoms with Crippen molar-refractivity contribution in [1.29, 1.82) is 0 Å². The summed E-state index contributed by atoms with van der Waals surface area (Å²) in [4.78, 5) is 5.59. The van der Waals surface area contributed by atoms with Crippen LogP contribution in [0.1, 0.15) is 13.8 Å². The molecule has 3 rings (SSSR count). The van der Waals surface area contributed by atoms with E-state index in [0.29, 0.717) is 25.6 Å². The van der Waals surface area contributed by atoms with Crippen molar-refractivity contribution in [3.8, 4) is 11.1 Å². The van der Waals surface area contributed by atoms with Crippen molar-refractivity contribution >= 4 is 23.1 Å². The topological polar surface area (TPSA) is 51.4 Å². The van der Waals surface area contributed by atoms with E-state index in [0.717, 1.165) is 5.69 Å². The number of benzene rings is 1. The highest BCUT2D eigenvalue weighted by Gasteiger charge is 2.24. The summed E-state index contributed by atoms with van der Waals surface area (Å²) < 4.78 is 34.4. The second-order valence-electron chi connectivity index (χ2n) is 6.46. The van der Waals surface area contributed by atoms with Crippen LogP contribution in [0.25, 0.3) is 11.1 Å². The minimum Gasteiger partial charge on any atom is -0.382 e. The van der Waals surface area contributed by atoms with Gasteiger partial charge in [0.05, 0.1) is 17.7 Å². The van der Waals surface area contributed by atoms with E-state index in [-0.39, 0.29) is 28.1 Å². The molecule has 1 aliphatic heterocycles. The summed E-state index contributed by atoms with van der Waals surface area (Å²) >= 11 is 5.89. The summed E-state index contributed by atoms with van der Waals surface area (Å²) in [7, 11) is 0. The van der Waals surface area contributed by atoms with Gasteiger partial charge in [-0.1, -0.05) is 25.4 Å². The van der Waals surface area contributed by atoms with Crippen molar-refractivity contribution < 1.29 is 13.5 Å². The maximum Gasteiger partial charge on any atom is 0.222 e. The fourth-order valence-corrected chi connectivity index (χ4v) is 3.05. The fourth-order valence-electron chi connectivity index (χ4n) is 2.90. The van der Waals surface area contributed by atoms with E-state index in [2.05, 4.69) is 23.7 Å². The Bertz CT molecular complexity index is 785. The first-order valence-electron chi connectivity index (χ1n) is 8.14. The molecule has 4 nitrogen and oxygen atoms in total. The Morgan fingerprint density at radius 2 is 2.04 bits per heavy atom. The average molecular weight is 368 g/mol. The highest BCUT2D eigenvalue weighted by Crippen LogP contribution is 2.32. The minimum atomic E-state index is -0.847. The van der Waals surface area contributed by atoms with E-state index in [9.17, 15) is 8.78 Å².